The van der Waals surface area contributed by atoms with Crippen LogP contribution in [0, 0.1) is 23.3 Å². The highest BCUT2D eigenvalue weighted by atomic mass is 19.4. The van der Waals surface area contributed by atoms with E-state index >= 15 is 0 Å². The van der Waals surface area contributed by atoms with Gasteiger partial charge >= 0.3 is 37.1 Å². The Morgan fingerprint density at radius 2 is 0.725 bits per heavy atom. The smallest absolute Gasteiger partial charge is 0.422 e. The third-order valence-corrected chi connectivity index (χ3v) is 5.62. The molecular weight excluding hydrogens is 778 g/mol. The molecule has 0 N–H and O–H groups in total. The van der Waals surface area contributed by atoms with Crippen molar-refractivity contribution in [3.8, 4) is 11.5 Å². The van der Waals surface area contributed by atoms with Crippen LogP contribution in [0.3, 0.4) is 0 Å². The predicted octanol–water partition coefficient (Wildman–Crippen LogP) is 11.5. The first-order valence-electron chi connectivity index (χ1n) is 12.6. The summed E-state index contributed by atoms with van der Waals surface area (Å²) >= 11 is 0. The molecule has 0 heterocycles. The SMILES string of the molecule is Fc1cc(OCCC(=CC(F)(F)F)OC(=CC(F)(F)F)CCOc2cc(F)c(C(F)(F)F)c(F)c2C(F)(F)F)c(C(F)(F)F)c(F)c1C(F)(F)F. The lowest BCUT2D eigenvalue weighted by Gasteiger charge is -2.20. The minimum absolute atomic E-state index is 0.656. The van der Waals surface area contributed by atoms with Crippen molar-refractivity contribution in [1.29, 1.82) is 0 Å². The van der Waals surface area contributed by atoms with Gasteiger partial charge in [0, 0.05) is 25.0 Å². The van der Waals surface area contributed by atoms with Gasteiger partial charge < -0.3 is 14.2 Å². The molecule has 0 spiro atoms. The zero-order valence-corrected chi connectivity index (χ0v) is 23.7. The van der Waals surface area contributed by atoms with Gasteiger partial charge in [-0.2, -0.15) is 79.0 Å². The van der Waals surface area contributed by atoms with Gasteiger partial charge in [0.25, 0.3) is 0 Å². The molecule has 2 aromatic carbocycles. The molecule has 0 amide bonds. The third-order valence-electron chi connectivity index (χ3n) is 5.62. The molecule has 0 unspecified atom stereocenters. The van der Waals surface area contributed by atoms with Gasteiger partial charge in [-0.05, 0) is 0 Å². The molecular formula is C26H12F22O3. The van der Waals surface area contributed by atoms with E-state index in [9.17, 15) is 96.6 Å². The summed E-state index contributed by atoms with van der Waals surface area (Å²) in [5.41, 5.74) is -11.9. The Morgan fingerprint density at radius 3 is 0.961 bits per heavy atom. The maximum Gasteiger partial charge on any atom is 0.422 e. The van der Waals surface area contributed by atoms with Crippen molar-refractivity contribution in [2.75, 3.05) is 13.2 Å². The predicted molar refractivity (Wildman–Crippen MR) is 122 cm³/mol. The third kappa shape index (κ3) is 11.9. The van der Waals surface area contributed by atoms with E-state index < -0.39 is 156 Å². The summed E-state index contributed by atoms with van der Waals surface area (Å²) in [7, 11) is 0. The van der Waals surface area contributed by atoms with E-state index in [4.69, 9.17) is 0 Å². The van der Waals surface area contributed by atoms with Crippen LogP contribution in [0.5, 0.6) is 11.5 Å². The molecule has 0 atom stereocenters. The quantitative estimate of drug-likeness (QED) is 0.177. The summed E-state index contributed by atoms with van der Waals surface area (Å²) in [5, 5.41) is 0. The van der Waals surface area contributed by atoms with Crippen molar-refractivity contribution >= 4 is 0 Å². The lowest BCUT2D eigenvalue weighted by molar-refractivity contribution is -0.152. The van der Waals surface area contributed by atoms with Gasteiger partial charge in [-0.25, -0.2) is 17.6 Å². The lowest BCUT2D eigenvalue weighted by Crippen LogP contribution is -2.20. The summed E-state index contributed by atoms with van der Waals surface area (Å²) < 4.78 is 305. The van der Waals surface area contributed by atoms with E-state index in [0.29, 0.717) is 0 Å². The number of hydrogen-bond acceptors (Lipinski definition) is 3. The van der Waals surface area contributed by atoms with Crippen LogP contribution in [0.1, 0.15) is 35.1 Å². The van der Waals surface area contributed by atoms with Crippen LogP contribution in [0.4, 0.5) is 96.6 Å². The van der Waals surface area contributed by atoms with E-state index in [-0.39, 0.29) is 0 Å². The van der Waals surface area contributed by atoms with Crippen LogP contribution in [-0.4, -0.2) is 25.6 Å². The molecule has 0 fully saturated rings. The van der Waals surface area contributed by atoms with E-state index in [0.717, 1.165) is 0 Å². The summed E-state index contributed by atoms with van der Waals surface area (Å²) in [4.78, 5) is 0. The molecule has 0 radical (unpaired) electrons. The number of hydrogen-bond donors (Lipinski definition) is 0. The van der Waals surface area contributed by atoms with Gasteiger partial charge in [0.2, 0.25) is 0 Å². The minimum atomic E-state index is -6.07. The summed E-state index contributed by atoms with van der Waals surface area (Å²) in [6.45, 7) is -3.33. The Morgan fingerprint density at radius 1 is 0.451 bits per heavy atom. The molecule has 25 heteroatoms. The van der Waals surface area contributed by atoms with Crippen molar-refractivity contribution in [3.05, 3.63) is 81.3 Å². The topological polar surface area (TPSA) is 27.7 Å². The van der Waals surface area contributed by atoms with E-state index in [2.05, 4.69) is 14.2 Å². The van der Waals surface area contributed by atoms with Crippen molar-refractivity contribution in [1.82, 2.24) is 0 Å². The van der Waals surface area contributed by atoms with Gasteiger partial charge in [0.1, 0.15) is 56.9 Å². The second-order valence-corrected chi connectivity index (χ2v) is 9.44. The van der Waals surface area contributed by atoms with E-state index in [1.807, 2.05) is 0 Å². The van der Waals surface area contributed by atoms with E-state index in [1.165, 1.54) is 0 Å². The van der Waals surface area contributed by atoms with Crippen molar-refractivity contribution in [2.24, 2.45) is 0 Å². The number of alkyl halides is 18. The van der Waals surface area contributed by atoms with Gasteiger partial charge in [0.15, 0.2) is 11.6 Å². The molecule has 2 rings (SSSR count). The molecule has 0 saturated heterocycles. The van der Waals surface area contributed by atoms with Crippen LogP contribution < -0.4 is 9.47 Å². The molecule has 0 saturated carbocycles. The normalized spacial score (nSPS) is 14.2. The molecule has 0 aliphatic heterocycles. The van der Waals surface area contributed by atoms with Crippen LogP contribution in [0.2, 0.25) is 0 Å². The largest absolute Gasteiger partial charge is 0.492 e. The Balaban J connectivity index is 2.44. The summed E-state index contributed by atoms with van der Waals surface area (Å²) in [6.07, 6.45) is -40.5. The fourth-order valence-corrected chi connectivity index (χ4v) is 3.83. The zero-order valence-electron chi connectivity index (χ0n) is 23.7. The first-order chi connectivity index (χ1) is 22.7. The highest BCUT2D eigenvalue weighted by Crippen LogP contribution is 2.46. The summed E-state index contributed by atoms with van der Waals surface area (Å²) in [5.74, 6) is -19.6. The average molecular weight is 790 g/mol. The number of allylic oxidation sites excluding steroid dienone is 2. The molecule has 2 aromatic rings. The van der Waals surface area contributed by atoms with Crippen LogP contribution in [0.15, 0.2) is 35.8 Å². The first-order valence-corrected chi connectivity index (χ1v) is 12.6. The molecule has 3 nitrogen and oxygen atoms in total. The van der Waals surface area contributed by atoms with Gasteiger partial charge in [-0.15, -0.1) is 0 Å². The van der Waals surface area contributed by atoms with Gasteiger partial charge in [-0.3, -0.25) is 0 Å². The molecule has 0 aliphatic rings. The van der Waals surface area contributed by atoms with Crippen molar-refractivity contribution < 1.29 is 111 Å². The highest BCUT2D eigenvalue weighted by Gasteiger charge is 2.48. The monoisotopic (exact) mass is 790 g/mol. The number of benzene rings is 2. The maximum atomic E-state index is 14.1. The fourth-order valence-electron chi connectivity index (χ4n) is 3.83. The molecule has 0 bridgehead atoms. The molecule has 51 heavy (non-hydrogen) atoms. The highest BCUT2D eigenvalue weighted by molar-refractivity contribution is 5.44. The Bertz CT molecular complexity index is 1500. The van der Waals surface area contributed by atoms with Crippen LogP contribution >= 0.6 is 0 Å². The molecule has 0 aromatic heterocycles. The Hall–Kier alpha value is -4.22. The number of halogens is 22. The molecule has 0 aliphatic carbocycles. The maximum absolute atomic E-state index is 14.1. The van der Waals surface area contributed by atoms with E-state index in [1.54, 1.807) is 0 Å². The van der Waals surface area contributed by atoms with Gasteiger partial charge in [0.05, 0.1) is 25.4 Å². The Labute approximate surface area is 267 Å². The van der Waals surface area contributed by atoms with Gasteiger partial charge in [-0.1, -0.05) is 0 Å². The second kappa shape index (κ2) is 14.8. The minimum Gasteiger partial charge on any atom is -0.492 e. The van der Waals surface area contributed by atoms with Crippen molar-refractivity contribution in [2.45, 2.75) is 49.9 Å². The second-order valence-electron chi connectivity index (χ2n) is 9.44. The summed E-state index contributed by atoms with van der Waals surface area (Å²) in [6, 6.07) is -1.31. The first kappa shape index (κ1) is 42.9. The Kier molecular flexibility index (Phi) is 12.5. The van der Waals surface area contributed by atoms with Crippen LogP contribution in [0.25, 0.3) is 0 Å². The standard InChI is InChI=1S/C26H12F22O3/c27-11-5-13(17(25(43,44)45)19(29)15(11)23(37,38)39)49-3-1-9(7-21(31,32)33)51-10(8-22(34,35)36)2-4-50-14-6-12(28)16(24(40,41)42)20(30)18(14)26(46,47)48/h5-8H,1-4H2. The lowest BCUT2D eigenvalue weighted by atomic mass is 10.1. The average Bonchev–Trinajstić information content (AvgIpc) is 2.82. The van der Waals surface area contributed by atoms with Crippen molar-refractivity contribution in [3.63, 3.8) is 0 Å². The fraction of sp³-hybridized carbons (Fsp3) is 0.385. The number of ether oxygens (including phenoxy) is 3. The number of rotatable bonds is 10. The zero-order chi connectivity index (χ0) is 39.7. The molecule has 288 valence electrons. The van der Waals surface area contributed by atoms with Crippen LogP contribution in [-0.2, 0) is 29.4 Å².